The molecule has 1 unspecified atom stereocenters. The summed E-state index contributed by atoms with van der Waals surface area (Å²) in [4.78, 5) is 14.8. The van der Waals surface area contributed by atoms with Gasteiger partial charge in [-0.15, -0.1) is 0 Å². The lowest BCUT2D eigenvalue weighted by Crippen LogP contribution is -2.37. The van der Waals surface area contributed by atoms with Crippen LogP contribution in [0.3, 0.4) is 0 Å². The van der Waals surface area contributed by atoms with Crippen LogP contribution in [-0.2, 0) is 4.79 Å². The van der Waals surface area contributed by atoms with E-state index in [1.807, 2.05) is 36.4 Å². The van der Waals surface area contributed by atoms with Crippen molar-refractivity contribution < 1.29 is 19.0 Å². The molecule has 1 heterocycles. The molecule has 0 aromatic heterocycles. The van der Waals surface area contributed by atoms with Gasteiger partial charge in [-0.3, -0.25) is 9.69 Å². The van der Waals surface area contributed by atoms with E-state index in [1.165, 1.54) is 12.8 Å². The lowest BCUT2D eigenvalue weighted by atomic mass is 10.0. The van der Waals surface area contributed by atoms with Crippen LogP contribution in [0.4, 0.5) is 0 Å². The summed E-state index contributed by atoms with van der Waals surface area (Å²) >= 11 is 0. The molecule has 0 aliphatic carbocycles. The summed E-state index contributed by atoms with van der Waals surface area (Å²) in [6.07, 6.45) is 2.69. The Hall–Kier alpha value is -2.73. The first-order valence-corrected chi connectivity index (χ1v) is 10.1. The van der Waals surface area contributed by atoms with Crippen LogP contribution in [0.2, 0.25) is 0 Å². The van der Waals surface area contributed by atoms with Gasteiger partial charge in [0.2, 0.25) is 5.91 Å². The van der Waals surface area contributed by atoms with Crippen LogP contribution in [-0.4, -0.2) is 51.3 Å². The summed E-state index contributed by atoms with van der Waals surface area (Å²) in [5.74, 6) is 2.13. The standard InChI is InChI=1S/C23H30N2O4/c1-27-19-9-7-8-18(16-19)20(25-13-5-6-14-25)17-24-23(26)12-15-29-22-11-4-3-10-21(22)28-2/h3-4,7-11,16,20H,5-6,12-15,17H2,1-2H3,(H,24,26). The number of benzene rings is 2. The molecule has 3 rings (SSSR count). The van der Waals surface area contributed by atoms with E-state index in [1.54, 1.807) is 14.2 Å². The van der Waals surface area contributed by atoms with E-state index in [9.17, 15) is 4.79 Å². The largest absolute Gasteiger partial charge is 0.497 e. The Bertz CT molecular complexity index is 790. The highest BCUT2D eigenvalue weighted by Crippen LogP contribution is 2.27. The van der Waals surface area contributed by atoms with E-state index >= 15 is 0 Å². The zero-order valence-corrected chi connectivity index (χ0v) is 17.2. The van der Waals surface area contributed by atoms with Gasteiger partial charge in [0.1, 0.15) is 5.75 Å². The van der Waals surface area contributed by atoms with E-state index in [2.05, 4.69) is 22.3 Å². The van der Waals surface area contributed by atoms with E-state index < -0.39 is 0 Å². The average Bonchev–Trinajstić information content (AvgIpc) is 3.29. The monoisotopic (exact) mass is 398 g/mol. The molecule has 0 spiro atoms. The second-order valence-electron chi connectivity index (χ2n) is 7.09. The molecular weight excluding hydrogens is 368 g/mol. The fraction of sp³-hybridized carbons (Fsp3) is 0.435. The maximum Gasteiger partial charge on any atom is 0.223 e. The van der Waals surface area contributed by atoms with Gasteiger partial charge in [-0.2, -0.15) is 0 Å². The van der Waals surface area contributed by atoms with E-state index in [0.29, 0.717) is 31.1 Å². The minimum absolute atomic E-state index is 0.0213. The Morgan fingerprint density at radius 1 is 1.03 bits per heavy atom. The summed E-state index contributed by atoms with van der Waals surface area (Å²) in [7, 11) is 3.28. The van der Waals surface area contributed by atoms with E-state index in [4.69, 9.17) is 14.2 Å². The zero-order chi connectivity index (χ0) is 20.5. The SMILES string of the molecule is COc1cccc(C(CNC(=O)CCOc2ccccc2OC)N2CCCC2)c1. The third-order valence-corrected chi connectivity index (χ3v) is 5.21. The van der Waals surface area contributed by atoms with Gasteiger partial charge in [-0.05, 0) is 55.8 Å². The van der Waals surface area contributed by atoms with E-state index in [-0.39, 0.29) is 11.9 Å². The highest BCUT2D eigenvalue weighted by molar-refractivity contribution is 5.76. The number of nitrogens with zero attached hydrogens (tertiary/aromatic N) is 1. The molecule has 1 aliphatic heterocycles. The number of carbonyl (C=O) groups excluding carboxylic acids is 1. The van der Waals surface area contributed by atoms with Crippen molar-refractivity contribution >= 4 is 5.91 Å². The van der Waals surface area contributed by atoms with Crippen LogP contribution in [0.5, 0.6) is 17.2 Å². The molecule has 1 amide bonds. The molecule has 6 nitrogen and oxygen atoms in total. The lowest BCUT2D eigenvalue weighted by Gasteiger charge is -2.28. The van der Waals surface area contributed by atoms with Crippen LogP contribution < -0.4 is 19.5 Å². The number of rotatable bonds is 10. The quantitative estimate of drug-likeness (QED) is 0.664. The molecule has 156 valence electrons. The Morgan fingerprint density at radius 2 is 1.79 bits per heavy atom. The van der Waals surface area contributed by atoms with Crippen LogP contribution in [0, 0.1) is 0 Å². The van der Waals surface area contributed by atoms with Gasteiger partial charge in [0, 0.05) is 6.54 Å². The van der Waals surface area contributed by atoms with Gasteiger partial charge < -0.3 is 19.5 Å². The van der Waals surface area contributed by atoms with Crippen molar-refractivity contribution in [3.8, 4) is 17.2 Å². The summed E-state index contributed by atoms with van der Waals surface area (Å²) in [5, 5.41) is 3.08. The van der Waals surface area contributed by atoms with E-state index in [0.717, 1.165) is 24.4 Å². The smallest absolute Gasteiger partial charge is 0.223 e. The highest BCUT2D eigenvalue weighted by Gasteiger charge is 2.24. The lowest BCUT2D eigenvalue weighted by molar-refractivity contribution is -0.121. The number of para-hydroxylation sites is 2. The molecular formula is C23H30N2O4. The summed E-state index contributed by atoms with van der Waals surface area (Å²) in [6.45, 7) is 2.98. The number of carbonyl (C=O) groups is 1. The number of ether oxygens (including phenoxy) is 3. The maximum atomic E-state index is 12.4. The minimum atomic E-state index is -0.0213. The van der Waals surface area contributed by atoms with Crippen LogP contribution in [0.15, 0.2) is 48.5 Å². The Morgan fingerprint density at radius 3 is 2.52 bits per heavy atom. The average molecular weight is 399 g/mol. The van der Waals surface area contributed by atoms with Crippen molar-refractivity contribution in [2.45, 2.75) is 25.3 Å². The van der Waals surface area contributed by atoms with Crippen molar-refractivity contribution in [3.63, 3.8) is 0 Å². The highest BCUT2D eigenvalue weighted by atomic mass is 16.5. The van der Waals surface area contributed by atoms with Crippen LogP contribution in [0.25, 0.3) is 0 Å². The second kappa shape index (κ2) is 10.7. The Kier molecular flexibility index (Phi) is 7.76. The summed E-state index contributed by atoms with van der Waals surface area (Å²) < 4.78 is 16.3. The van der Waals surface area contributed by atoms with Crippen LogP contribution >= 0.6 is 0 Å². The maximum absolute atomic E-state index is 12.4. The second-order valence-corrected chi connectivity index (χ2v) is 7.09. The molecule has 2 aromatic rings. The number of hydrogen-bond acceptors (Lipinski definition) is 5. The third kappa shape index (κ3) is 5.87. The number of likely N-dealkylation sites (tertiary alicyclic amines) is 1. The fourth-order valence-electron chi connectivity index (χ4n) is 3.65. The number of amides is 1. The van der Waals surface area contributed by atoms with Crippen molar-refractivity contribution in [2.75, 3.05) is 40.5 Å². The van der Waals surface area contributed by atoms with Crippen molar-refractivity contribution in [3.05, 3.63) is 54.1 Å². The molecule has 29 heavy (non-hydrogen) atoms. The number of nitrogens with one attached hydrogen (secondary N) is 1. The number of methoxy groups -OCH3 is 2. The molecule has 2 aromatic carbocycles. The Labute approximate surface area is 172 Å². The number of hydrogen-bond donors (Lipinski definition) is 1. The van der Waals surface area contributed by atoms with Gasteiger partial charge in [0.25, 0.3) is 0 Å². The Balaban J connectivity index is 1.54. The predicted molar refractivity (Wildman–Crippen MR) is 113 cm³/mol. The first-order chi connectivity index (χ1) is 14.2. The molecule has 0 saturated carbocycles. The van der Waals surface area contributed by atoms with Gasteiger partial charge in [-0.25, -0.2) is 0 Å². The molecule has 1 aliphatic rings. The third-order valence-electron chi connectivity index (χ3n) is 5.21. The first kappa shape index (κ1) is 21.0. The van der Waals surface area contributed by atoms with Crippen LogP contribution in [0.1, 0.15) is 30.9 Å². The minimum Gasteiger partial charge on any atom is -0.497 e. The molecule has 1 fully saturated rings. The summed E-state index contributed by atoms with van der Waals surface area (Å²) in [6, 6.07) is 15.7. The molecule has 1 saturated heterocycles. The van der Waals surface area contributed by atoms with Gasteiger partial charge in [0.15, 0.2) is 11.5 Å². The van der Waals surface area contributed by atoms with Gasteiger partial charge in [0.05, 0.1) is 33.3 Å². The normalized spacial score (nSPS) is 15.0. The molecule has 0 bridgehead atoms. The molecule has 0 radical (unpaired) electrons. The predicted octanol–water partition coefficient (Wildman–Crippen LogP) is 3.43. The zero-order valence-electron chi connectivity index (χ0n) is 17.2. The first-order valence-electron chi connectivity index (χ1n) is 10.1. The fourth-order valence-corrected chi connectivity index (χ4v) is 3.65. The molecule has 1 N–H and O–H groups in total. The van der Waals surface area contributed by atoms with Crippen molar-refractivity contribution in [1.82, 2.24) is 10.2 Å². The molecule has 1 atom stereocenters. The van der Waals surface area contributed by atoms with Gasteiger partial charge >= 0.3 is 0 Å². The molecule has 6 heteroatoms. The van der Waals surface area contributed by atoms with Gasteiger partial charge in [-0.1, -0.05) is 24.3 Å². The topological polar surface area (TPSA) is 60.0 Å². The van der Waals surface area contributed by atoms with Crippen molar-refractivity contribution in [1.29, 1.82) is 0 Å². The summed E-state index contributed by atoms with van der Waals surface area (Å²) in [5.41, 5.74) is 1.16. The van der Waals surface area contributed by atoms with Crippen molar-refractivity contribution in [2.24, 2.45) is 0 Å².